The number of hydrogen-bond donors (Lipinski definition) is 1. The molecule has 0 radical (unpaired) electrons. The van der Waals surface area contributed by atoms with Crippen LogP contribution < -0.4 is 9.62 Å². The maximum Gasteiger partial charge on any atom is 0.254 e. The van der Waals surface area contributed by atoms with Gasteiger partial charge in [0.25, 0.3) is 5.91 Å². The van der Waals surface area contributed by atoms with E-state index in [1.54, 1.807) is 54.5 Å². The van der Waals surface area contributed by atoms with Gasteiger partial charge in [-0.25, -0.2) is 18.4 Å². The lowest BCUT2D eigenvalue weighted by Crippen LogP contribution is -2.49. The van der Waals surface area contributed by atoms with Crippen molar-refractivity contribution in [2.75, 3.05) is 41.6 Å². The second-order valence-corrected chi connectivity index (χ2v) is 8.17. The third-order valence-corrected chi connectivity index (χ3v) is 5.75. The van der Waals surface area contributed by atoms with E-state index in [1.807, 2.05) is 4.90 Å². The molecule has 8 nitrogen and oxygen atoms in total. The quantitative estimate of drug-likeness (QED) is 0.806. The van der Waals surface area contributed by atoms with Crippen LogP contribution in [0.1, 0.15) is 23.7 Å². The van der Waals surface area contributed by atoms with Crippen LogP contribution in [0.4, 0.5) is 11.6 Å². The number of nitrogens with zero attached hydrogens (tertiary/aromatic N) is 4. The summed E-state index contributed by atoms with van der Waals surface area (Å²) < 4.78 is 26.4. The predicted octanol–water partition coefficient (Wildman–Crippen LogP) is 1.59. The largest absolute Gasteiger partial charge is 0.337 e. The number of piperazine rings is 1. The monoisotopic (exact) mass is 389 g/mol. The molecule has 1 aromatic carbocycles. The molecule has 1 aromatic heterocycles. The van der Waals surface area contributed by atoms with E-state index < -0.39 is 10.0 Å². The first-order chi connectivity index (χ1) is 13.0. The van der Waals surface area contributed by atoms with Crippen molar-refractivity contribution in [3.63, 3.8) is 0 Å². The van der Waals surface area contributed by atoms with Gasteiger partial charge in [0.05, 0.1) is 5.75 Å². The molecule has 1 aliphatic heterocycles. The highest BCUT2D eigenvalue weighted by atomic mass is 32.2. The van der Waals surface area contributed by atoms with Crippen molar-refractivity contribution in [1.82, 2.24) is 14.9 Å². The summed E-state index contributed by atoms with van der Waals surface area (Å²) in [4.78, 5) is 25.1. The summed E-state index contributed by atoms with van der Waals surface area (Å²) in [5.41, 5.74) is 0.877. The Labute approximate surface area is 159 Å². The molecule has 1 fully saturated rings. The smallest absolute Gasteiger partial charge is 0.254 e. The molecule has 0 atom stereocenters. The maximum absolute atomic E-state index is 12.8. The molecule has 0 spiro atoms. The fourth-order valence-electron chi connectivity index (χ4n) is 2.96. The minimum atomic E-state index is -3.39. The number of hydrogen-bond acceptors (Lipinski definition) is 6. The third-order valence-electron chi connectivity index (χ3n) is 4.26. The van der Waals surface area contributed by atoms with Gasteiger partial charge in [0.2, 0.25) is 16.0 Å². The topological polar surface area (TPSA) is 95.5 Å². The van der Waals surface area contributed by atoms with E-state index in [9.17, 15) is 13.2 Å². The summed E-state index contributed by atoms with van der Waals surface area (Å²) in [7, 11) is -3.39. The fourth-order valence-corrected chi connectivity index (χ4v) is 4.09. The first kappa shape index (κ1) is 19.1. The van der Waals surface area contributed by atoms with Crippen LogP contribution in [0.3, 0.4) is 0 Å². The van der Waals surface area contributed by atoms with Gasteiger partial charge < -0.3 is 9.80 Å². The average molecular weight is 389 g/mol. The molecule has 1 amide bonds. The Morgan fingerprint density at radius 3 is 2.48 bits per heavy atom. The van der Waals surface area contributed by atoms with E-state index in [2.05, 4.69) is 14.7 Å². The summed E-state index contributed by atoms with van der Waals surface area (Å²) >= 11 is 0. The second kappa shape index (κ2) is 8.34. The number of carbonyl (C=O) groups is 1. The van der Waals surface area contributed by atoms with Gasteiger partial charge in [-0.2, -0.15) is 0 Å². The van der Waals surface area contributed by atoms with Crippen LogP contribution in [0.5, 0.6) is 0 Å². The van der Waals surface area contributed by atoms with Crippen LogP contribution >= 0.6 is 0 Å². The molecule has 1 aliphatic rings. The Balaban J connectivity index is 1.64. The SMILES string of the molecule is CCCS(=O)(=O)Nc1cccc(C(=O)N2CCN(c3ncccn3)CC2)c1. The molecular weight excluding hydrogens is 366 g/mol. The Morgan fingerprint density at radius 1 is 1.11 bits per heavy atom. The van der Waals surface area contributed by atoms with E-state index in [0.717, 1.165) is 0 Å². The van der Waals surface area contributed by atoms with Crippen LogP contribution in [-0.4, -0.2) is 61.1 Å². The normalized spacial score (nSPS) is 14.9. The Hall–Kier alpha value is -2.68. The van der Waals surface area contributed by atoms with Crippen LogP contribution in [0.15, 0.2) is 42.7 Å². The van der Waals surface area contributed by atoms with Crippen molar-refractivity contribution in [3.05, 3.63) is 48.3 Å². The molecule has 0 bridgehead atoms. The van der Waals surface area contributed by atoms with E-state index >= 15 is 0 Å². The Bertz CT molecular complexity index is 881. The van der Waals surface area contributed by atoms with Crippen LogP contribution in [0.25, 0.3) is 0 Å². The van der Waals surface area contributed by atoms with E-state index in [-0.39, 0.29) is 11.7 Å². The van der Waals surface area contributed by atoms with Crippen molar-refractivity contribution in [2.45, 2.75) is 13.3 Å². The number of amides is 1. The van der Waals surface area contributed by atoms with Gasteiger partial charge in [0.15, 0.2) is 0 Å². The second-order valence-electron chi connectivity index (χ2n) is 6.33. The molecule has 9 heteroatoms. The summed E-state index contributed by atoms with van der Waals surface area (Å²) in [5, 5.41) is 0. The van der Waals surface area contributed by atoms with Crippen LogP contribution in [-0.2, 0) is 10.0 Å². The lowest BCUT2D eigenvalue weighted by Gasteiger charge is -2.34. The van der Waals surface area contributed by atoms with Crippen LogP contribution in [0, 0.1) is 0 Å². The van der Waals surface area contributed by atoms with Gasteiger partial charge in [-0.1, -0.05) is 13.0 Å². The van der Waals surface area contributed by atoms with Crippen molar-refractivity contribution in [2.24, 2.45) is 0 Å². The summed E-state index contributed by atoms with van der Waals surface area (Å²) in [6.07, 6.45) is 3.93. The van der Waals surface area contributed by atoms with Crippen molar-refractivity contribution >= 4 is 27.6 Å². The highest BCUT2D eigenvalue weighted by Gasteiger charge is 2.23. The number of anilines is 2. The predicted molar refractivity (Wildman–Crippen MR) is 104 cm³/mol. The highest BCUT2D eigenvalue weighted by Crippen LogP contribution is 2.17. The van der Waals surface area contributed by atoms with E-state index in [4.69, 9.17) is 0 Å². The lowest BCUT2D eigenvalue weighted by molar-refractivity contribution is 0.0746. The zero-order valence-corrected chi connectivity index (χ0v) is 16.0. The maximum atomic E-state index is 12.8. The van der Waals surface area contributed by atoms with Gasteiger partial charge in [-0.15, -0.1) is 0 Å². The number of carbonyl (C=O) groups excluding carboxylic acids is 1. The number of sulfonamides is 1. The zero-order chi connectivity index (χ0) is 19.3. The standard InChI is InChI=1S/C18H23N5O3S/c1-2-13-27(25,26)21-16-6-3-5-15(14-16)17(24)22-9-11-23(12-10-22)18-19-7-4-8-20-18/h3-8,14,21H,2,9-13H2,1H3. The molecule has 2 aromatic rings. The fraction of sp³-hybridized carbons (Fsp3) is 0.389. The van der Waals surface area contributed by atoms with Gasteiger partial charge in [0.1, 0.15) is 0 Å². The summed E-state index contributed by atoms with van der Waals surface area (Å²) in [5.74, 6) is 0.603. The zero-order valence-electron chi connectivity index (χ0n) is 15.2. The molecule has 1 saturated heterocycles. The number of nitrogens with one attached hydrogen (secondary N) is 1. The van der Waals surface area contributed by atoms with Crippen molar-refractivity contribution in [1.29, 1.82) is 0 Å². The molecule has 1 N–H and O–H groups in total. The molecule has 0 saturated carbocycles. The number of rotatable bonds is 6. The highest BCUT2D eigenvalue weighted by molar-refractivity contribution is 7.92. The van der Waals surface area contributed by atoms with Crippen LogP contribution in [0.2, 0.25) is 0 Å². The third kappa shape index (κ3) is 4.94. The molecule has 144 valence electrons. The molecule has 0 unspecified atom stereocenters. The molecule has 27 heavy (non-hydrogen) atoms. The van der Waals surface area contributed by atoms with E-state index in [0.29, 0.717) is 49.8 Å². The molecule has 2 heterocycles. The van der Waals surface area contributed by atoms with Gasteiger partial charge in [-0.05, 0) is 30.7 Å². The first-order valence-corrected chi connectivity index (χ1v) is 10.6. The molecular formula is C18H23N5O3S. The Kier molecular flexibility index (Phi) is 5.90. The number of aromatic nitrogens is 2. The average Bonchev–Trinajstić information content (AvgIpc) is 2.68. The molecule has 0 aliphatic carbocycles. The minimum absolute atomic E-state index is 0.0503. The van der Waals surface area contributed by atoms with Gasteiger partial charge in [0, 0.05) is 49.8 Å². The Morgan fingerprint density at radius 2 is 1.81 bits per heavy atom. The van der Waals surface area contributed by atoms with E-state index in [1.165, 1.54) is 0 Å². The summed E-state index contributed by atoms with van der Waals surface area (Å²) in [6, 6.07) is 8.39. The van der Waals surface area contributed by atoms with Crippen molar-refractivity contribution in [3.8, 4) is 0 Å². The number of benzene rings is 1. The van der Waals surface area contributed by atoms with Gasteiger partial charge >= 0.3 is 0 Å². The first-order valence-electron chi connectivity index (χ1n) is 8.90. The molecule has 3 rings (SSSR count). The minimum Gasteiger partial charge on any atom is -0.337 e. The lowest BCUT2D eigenvalue weighted by atomic mass is 10.1. The summed E-state index contributed by atoms with van der Waals surface area (Å²) in [6.45, 7) is 4.22. The van der Waals surface area contributed by atoms with Crippen molar-refractivity contribution < 1.29 is 13.2 Å². The van der Waals surface area contributed by atoms with Gasteiger partial charge in [-0.3, -0.25) is 9.52 Å².